The van der Waals surface area contributed by atoms with Gasteiger partial charge >= 0.3 is 0 Å². The SMILES string of the molecule is CN1CCOC2CCN(C(=O)C3(C#N)CCCC3)C[C@@H]21. The molecule has 2 aliphatic heterocycles. The van der Waals surface area contributed by atoms with Crippen LogP contribution in [0.1, 0.15) is 32.1 Å². The van der Waals surface area contributed by atoms with Crippen LogP contribution in [0.15, 0.2) is 0 Å². The van der Waals surface area contributed by atoms with Gasteiger partial charge < -0.3 is 9.64 Å². The lowest BCUT2D eigenvalue weighted by Crippen LogP contribution is -2.61. The molecule has 110 valence electrons. The maximum Gasteiger partial charge on any atom is 0.243 e. The highest BCUT2D eigenvalue weighted by atomic mass is 16.5. The first-order chi connectivity index (χ1) is 9.66. The van der Waals surface area contributed by atoms with Crippen molar-refractivity contribution in [3.8, 4) is 6.07 Å². The molecule has 2 atom stereocenters. The average Bonchev–Trinajstić information content (AvgIpc) is 2.97. The van der Waals surface area contributed by atoms with Crippen LogP contribution in [0.4, 0.5) is 0 Å². The van der Waals surface area contributed by atoms with Crippen LogP contribution in [0.3, 0.4) is 0 Å². The Morgan fingerprint density at radius 3 is 2.80 bits per heavy atom. The maximum atomic E-state index is 12.8. The summed E-state index contributed by atoms with van der Waals surface area (Å²) in [5, 5.41) is 9.47. The van der Waals surface area contributed by atoms with Crippen LogP contribution in [0, 0.1) is 16.7 Å². The Morgan fingerprint density at radius 1 is 1.35 bits per heavy atom. The van der Waals surface area contributed by atoms with E-state index >= 15 is 0 Å². The molecule has 0 spiro atoms. The lowest BCUT2D eigenvalue weighted by molar-refractivity contribution is -0.148. The van der Waals surface area contributed by atoms with Gasteiger partial charge in [0.1, 0.15) is 5.41 Å². The molecule has 0 bridgehead atoms. The second-order valence-electron chi connectivity index (χ2n) is 6.40. The Labute approximate surface area is 120 Å². The molecule has 5 nitrogen and oxygen atoms in total. The molecular weight excluding hydrogens is 254 g/mol. The number of hydrogen-bond donors (Lipinski definition) is 0. The van der Waals surface area contributed by atoms with Crippen molar-refractivity contribution < 1.29 is 9.53 Å². The van der Waals surface area contributed by atoms with Crippen LogP contribution in [-0.4, -0.2) is 61.1 Å². The number of carbonyl (C=O) groups excluding carboxylic acids is 1. The average molecular weight is 277 g/mol. The molecule has 0 N–H and O–H groups in total. The minimum absolute atomic E-state index is 0.0647. The van der Waals surface area contributed by atoms with Gasteiger partial charge in [-0.1, -0.05) is 12.8 Å². The maximum absolute atomic E-state index is 12.8. The normalized spacial score (nSPS) is 33.5. The third-order valence-corrected chi connectivity index (χ3v) is 5.23. The van der Waals surface area contributed by atoms with Crippen LogP contribution >= 0.6 is 0 Å². The van der Waals surface area contributed by atoms with Crippen LogP contribution < -0.4 is 0 Å². The third-order valence-electron chi connectivity index (χ3n) is 5.23. The number of amides is 1. The van der Waals surface area contributed by atoms with Gasteiger partial charge in [0.15, 0.2) is 0 Å². The monoisotopic (exact) mass is 277 g/mol. The van der Waals surface area contributed by atoms with Crippen molar-refractivity contribution in [3.63, 3.8) is 0 Å². The summed E-state index contributed by atoms with van der Waals surface area (Å²) < 4.78 is 5.81. The number of nitrogens with zero attached hydrogens (tertiary/aromatic N) is 3. The zero-order chi connectivity index (χ0) is 14.2. The van der Waals surface area contributed by atoms with E-state index in [9.17, 15) is 10.1 Å². The summed E-state index contributed by atoms with van der Waals surface area (Å²) in [6.07, 6.45) is 4.62. The van der Waals surface area contributed by atoms with Crippen LogP contribution in [0.25, 0.3) is 0 Å². The fourth-order valence-corrected chi connectivity index (χ4v) is 3.88. The van der Waals surface area contributed by atoms with Gasteiger partial charge in [0.05, 0.1) is 24.8 Å². The second kappa shape index (κ2) is 5.34. The Hall–Kier alpha value is -1.12. The van der Waals surface area contributed by atoms with E-state index in [1.807, 2.05) is 4.90 Å². The molecule has 0 aromatic carbocycles. The topological polar surface area (TPSA) is 56.6 Å². The summed E-state index contributed by atoms with van der Waals surface area (Å²) in [6, 6.07) is 2.61. The molecule has 1 saturated carbocycles. The smallest absolute Gasteiger partial charge is 0.243 e. The lowest BCUT2D eigenvalue weighted by Gasteiger charge is -2.46. The van der Waals surface area contributed by atoms with Crippen molar-refractivity contribution in [2.24, 2.45) is 5.41 Å². The summed E-state index contributed by atoms with van der Waals surface area (Å²) in [4.78, 5) is 17.0. The van der Waals surface area contributed by atoms with Gasteiger partial charge in [0.2, 0.25) is 5.91 Å². The van der Waals surface area contributed by atoms with Gasteiger partial charge in [0, 0.05) is 19.6 Å². The standard InChI is InChI=1S/C15H23N3O2/c1-17-8-9-20-13-4-7-18(10-12(13)17)14(19)15(11-16)5-2-3-6-15/h12-13H,2-10H2,1H3/t12-,13?/m0/s1. The van der Waals surface area contributed by atoms with Gasteiger partial charge in [-0.3, -0.25) is 9.69 Å². The Kier molecular flexibility index (Phi) is 3.70. The molecule has 0 aromatic rings. The van der Waals surface area contributed by atoms with Crippen LogP contribution in [0.5, 0.6) is 0 Å². The molecule has 2 heterocycles. The molecule has 1 unspecified atom stereocenters. The van der Waals surface area contributed by atoms with Crippen molar-refractivity contribution in [2.75, 3.05) is 33.3 Å². The molecular formula is C15H23N3O2. The summed E-state index contributed by atoms with van der Waals surface area (Å²) in [6.45, 7) is 3.15. The van der Waals surface area contributed by atoms with Gasteiger partial charge in [-0.05, 0) is 26.3 Å². The van der Waals surface area contributed by atoms with E-state index in [0.29, 0.717) is 12.6 Å². The Bertz CT molecular complexity index is 425. The number of hydrogen-bond acceptors (Lipinski definition) is 4. The summed E-state index contributed by atoms with van der Waals surface area (Å²) in [7, 11) is 2.10. The van der Waals surface area contributed by atoms with Crippen LogP contribution in [-0.2, 0) is 9.53 Å². The van der Waals surface area contributed by atoms with Gasteiger partial charge in [-0.2, -0.15) is 5.26 Å². The number of carbonyl (C=O) groups is 1. The van der Waals surface area contributed by atoms with E-state index in [-0.39, 0.29) is 12.0 Å². The van der Waals surface area contributed by atoms with Crippen molar-refractivity contribution >= 4 is 5.91 Å². The van der Waals surface area contributed by atoms with E-state index in [4.69, 9.17) is 4.74 Å². The minimum Gasteiger partial charge on any atom is -0.375 e. The first-order valence-electron chi connectivity index (χ1n) is 7.69. The quantitative estimate of drug-likeness (QED) is 0.717. The predicted octanol–water partition coefficient (Wildman–Crippen LogP) is 1.00. The van der Waals surface area contributed by atoms with Gasteiger partial charge in [0.25, 0.3) is 0 Å². The van der Waals surface area contributed by atoms with E-state index in [0.717, 1.165) is 51.8 Å². The number of piperidine rings is 1. The molecule has 3 aliphatic rings. The Balaban J connectivity index is 1.72. The van der Waals surface area contributed by atoms with Crippen molar-refractivity contribution in [1.29, 1.82) is 5.26 Å². The fraction of sp³-hybridized carbons (Fsp3) is 0.867. The van der Waals surface area contributed by atoms with E-state index in [1.54, 1.807) is 0 Å². The number of rotatable bonds is 1. The largest absolute Gasteiger partial charge is 0.375 e. The summed E-state index contributed by atoms with van der Waals surface area (Å²) in [5.41, 5.74) is -0.735. The highest BCUT2D eigenvalue weighted by Crippen LogP contribution is 2.40. The molecule has 3 rings (SSSR count). The fourth-order valence-electron chi connectivity index (χ4n) is 3.88. The number of nitriles is 1. The molecule has 0 radical (unpaired) electrons. The molecule has 3 fully saturated rings. The molecule has 2 saturated heterocycles. The zero-order valence-electron chi connectivity index (χ0n) is 12.2. The third kappa shape index (κ3) is 2.21. The highest BCUT2D eigenvalue weighted by molar-refractivity contribution is 5.86. The molecule has 5 heteroatoms. The number of likely N-dealkylation sites (tertiary alicyclic amines) is 1. The molecule has 1 aliphatic carbocycles. The van der Waals surface area contributed by atoms with E-state index in [2.05, 4.69) is 18.0 Å². The zero-order valence-corrected chi connectivity index (χ0v) is 12.2. The number of fused-ring (bicyclic) bond motifs is 1. The first-order valence-corrected chi connectivity index (χ1v) is 7.69. The minimum atomic E-state index is -0.735. The second-order valence-corrected chi connectivity index (χ2v) is 6.40. The van der Waals surface area contributed by atoms with E-state index < -0.39 is 5.41 Å². The molecule has 20 heavy (non-hydrogen) atoms. The lowest BCUT2D eigenvalue weighted by atomic mass is 9.85. The molecule has 1 amide bonds. The van der Waals surface area contributed by atoms with E-state index in [1.165, 1.54) is 0 Å². The predicted molar refractivity (Wildman–Crippen MR) is 73.9 cm³/mol. The highest BCUT2D eigenvalue weighted by Gasteiger charge is 2.46. The number of ether oxygens (including phenoxy) is 1. The van der Waals surface area contributed by atoms with Gasteiger partial charge in [-0.25, -0.2) is 0 Å². The number of morpholine rings is 1. The Morgan fingerprint density at radius 2 is 2.10 bits per heavy atom. The van der Waals surface area contributed by atoms with Crippen LogP contribution in [0.2, 0.25) is 0 Å². The van der Waals surface area contributed by atoms with Crippen molar-refractivity contribution in [1.82, 2.24) is 9.80 Å². The van der Waals surface area contributed by atoms with Crippen molar-refractivity contribution in [2.45, 2.75) is 44.2 Å². The molecule has 0 aromatic heterocycles. The van der Waals surface area contributed by atoms with Crippen molar-refractivity contribution in [3.05, 3.63) is 0 Å². The van der Waals surface area contributed by atoms with Gasteiger partial charge in [-0.15, -0.1) is 0 Å². The number of likely N-dealkylation sites (N-methyl/N-ethyl adjacent to an activating group) is 1. The first kappa shape index (κ1) is 13.8. The summed E-state index contributed by atoms with van der Waals surface area (Å²) >= 11 is 0. The summed E-state index contributed by atoms with van der Waals surface area (Å²) in [5.74, 6) is 0.0647.